The largest absolute Gasteiger partial charge is 0.493 e. The molecule has 202 valence electrons. The number of aliphatic imine (C=N–C) groups is 1. The minimum atomic E-state index is -0.389. The molecule has 0 radical (unpaired) electrons. The topological polar surface area (TPSA) is 77.4 Å². The van der Waals surface area contributed by atoms with Gasteiger partial charge in [-0.25, -0.2) is 9.79 Å². The molecule has 3 aromatic carbocycles. The molecule has 0 N–H and O–H groups in total. The molecule has 4 rings (SSSR count). The van der Waals surface area contributed by atoms with Gasteiger partial charge in [0.2, 0.25) is 0 Å². The third kappa shape index (κ3) is 7.08. The number of amides is 1. The molecule has 0 saturated carbocycles. The summed E-state index contributed by atoms with van der Waals surface area (Å²) in [5, 5.41) is 1.60. The molecule has 7 nitrogen and oxygen atoms in total. The van der Waals surface area contributed by atoms with Gasteiger partial charge in [-0.2, -0.15) is 0 Å². The summed E-state index contributed by atoms with van der Waals surface area (Å²) in [5.74, 6) is 0.536. The molecule has 1 heterocycles. The number of halogens is 3. The number of carbonyl (C=O) groups is 2. The van der Waals surface area contributed by atoms with Crippen LogP contribution in [-0.4, -0.2) is 42.7 Å². The number of methoxy groups -OCH3 is 1. The van der Waals surface area contributed by atoms with Crippen molar-refractivity contribution >= 4 is 86.4 Å². The molecule has 1 fully saturated rings. The molecule has 39 heavy (non-hydrogen) atoms. The number of ether oxygens (including phenoxy) is 3. The second-order valence-corrected chi connectivity index (χ2v) is 11.2. The number of amidine groups is 1. The standard InChI is InChI=1S/C28H23Cl2IN2O5S/c1-4-37-27(35)17-6-9-20(10-7-17)32-28-33(2)26(34)24(39-28)13-16-11-22(31)25(23(12-16)36-3)38-15-18-5-8-19(29)14-21(18)30/h5-14H,4,15H2,1-3H3/b24-13+,32-28?. The van der Waals surface area contributed by atoms with Crippen molar-refractivity contribution in [3.05, 3.63) is 89.8 Å². The molecular formula is C28H23Cl2IN2O5S. The highest BCUT2D eigenvalue weighted by atomic mass is 127. The number of hydrogen-bond acceptors (Lipinski definition) is 7. The van der Waals surface area contributed by atoms with E-state index in [2.05, 4.69) is 27.6 Å². The summed E-state index contributed by atoms with van der Waals surface area (Å²) in [7, 11) is 3.23. The number of likely N-dealkylation sites (N-methyl/N-ethyl adjacent to an activating group) is 1. The molecular weight excluding hydrogens is 674 g/mol. The van der Waals surface area contributed by atoms with Crippen LogP contribution in [0, 0.1) is 3.57 Å². The maximum Gasteiger partial charge on any atom is 0.338 e. The minimum Gasteiger partial charge on any atom is -0.493 e. The van der Waals surface area contributed by atoms with Crippen LogP contribution >= 0.6 is 57.6 Å². The number of hydrogen-bond donors (Lipinski definition) is 0. The Morgan fingerprint density at radius 2 is 1.87 bits per heavy atom. The smallest absolute Gasteiger partial charge is 0.338 e. The molecule has 0 atom stereocenters. The van der Waals surface area contributed by atoms with Gasteiger partial charge < -0.3 is 14.2 Å². The van der Waals surface area contributed by atoms with E-state index in [0.717, 1.165) is 14.7 Å². The van der Waals surface area contributed by atoms with Crippen molar-refractivity contribution < 1.29 is 23.8 Å². The van der Waals surface area contributed by atoms with Crippen molar-refractivity contribution in [1.29, 1.82) is 0 Å². The van der Waals surface area contributed by atoms with Gasteiger partial charge in [-0.15, -0.1) is 0 Å². The summed E-state index contributed by atoms with van der Waals surface area (Å²) in [5.41, 5.74) is 2.63. The zero-order valence-electron chi connectivity index (χ0n) is 21.2. The van der Waals surface area contributed by atoms with E-state index in [1.165, 1.54) is 16.7 Å². The number of carbonyl (C=O) groups excluding carboxylic acids is 2. The second kappa shape index (κ2) is 13.1. The van der Waals surface area contributed by atoms with Gasteiger partial charge in [-0.3, -0.25) is 9.69 Å². The van der Waals surface area contributed by atoms with Gasteiger partial charge in [0.15, 0.2) is 16.7 Å². The maximum absolute atomic E-state index is 13.0. The molecule has 0 spiro atoms. The molecule has 1 amide bonds. The molecule has 1 aliphatic heterocycles. The van der Waals surface area contributed by atoms with Crippen molar-refractivity contribution in [2.75, 3.05) is 20.8 Å². The Labute approximate surface area is 254 Å². The van der Waals surface area contributed by atoms with Crippen molar-refractivity contribution in [2.24, 2.45) is 4.99 Å². The fraction of sp³-hybridized carbons (Fsp3) is 0.179. The van der Waals surface area contributed by atoms with Crippen LogP contribution < -0.4 is 9.47 Å². The van der Waals surface area contributed by atoms with Crippen molar-refractivity contribution in [1.82, 2.24) is 4.90 Å². The average Bonchev–Trinajstić information content (AvgIpc) is 3.16. The van der Waals surface area contributed by atoms with Crippen LogP contribution in [0.1, 0.15) is 28.4 Å². The van der Waals surface area contributed by atoms with E-state index in [-0.39, 0.29) is 18.5 Å². The second-order valence-electron chi connectivity index (χ2n) is 8.20. The highest BCUT2D eigenvalue weighted by Gasteiger charge is 2.30. The first kappa shape index (κ1) is 29.3. The molecule has 0 aromatic heterocycles. The summed E-state index contributed by atoms with van der Waals surface area (Å²) in [6.07, 6.45) is 1.79. The zero-order chi connectivity index (χ0) is 28.1. The third-order valence-electron chi connectivity index (χ3n) is 5.54. The number of esters is 1. The Bertz CT molecular complexity index is 1480. The summed E-state index contributed by atoms with van der Waals surface area (Å²) in [6, 6.07) is 15.7. The number of rotatable bonds is 8. The van der Waals surface area contributed by atoms with Crippen LogP contribution in [0.2, 0.25) is 10.0 Å². The molecule has 1 aliphatic rings. The van der Waals surface area contributed by atoms with Gasteiger partial charge in [0.05, 0.1) is 33.4 Å². The molecule has 3 aromatic rings. The number of benzene rings is 3. The van der Waals surface area contributed by atoms with E-state index in [0.29, 0.717) is 49.5 Å². The fourth-order valence-electron chi connectivity index (χ4n) is 3.55. The maximum atomic E-state index is 13.0. The number of thioether (sulfide) groups is 1. The Kier molecular flexibility index (Phi) is 9.81. The first-order valence-electron chi connectivity index (χ1n) is 11.7. The van der Waals surface area contributed by atoms with E-state index < -0.39 is 0 Å². The normalized spacial score (nSPS) is 15.2. The third-order valence-corrected chi connectivity index (χ3v) is 7.99. The number of nitrogens with zero attached hydrogens (tertiary/aromatic N) is 2. The van der Waals surface area contributed by atoms with Crippen molar-refractivity contribution in [3.63, 3.8) is 0 Å². The monoisotopic (exact) mass is 696 g/mol. The molecule has 0 unspecified atom stereocenters. The van der Waals surface area contributed by atoms with Gasteiger partial charge in [-0.05, 0) is 101 Å². The summed E-state index contributed by atoms with van der Waals surface area (Å²) >= 11 is 15.7. The predicted octanol–water partition coefficient (Wildman–Crippen LogP) is 7.60. The lowest BCUT2D eigenvalue weighted by Gasteiger charge is -2.14. The highest BCUT2D eigenvalue weighted by Crippen LogP contribution is 2.38. The quantitative estimate of drug-likeness (QED) is 0.137. The average molecular weight is 697 g/mol. The SMILES string of the molecule is CCOC(=O)c1ccc(N=C2S/C(=C/c3cc(I)c(OCc4ccc(Cl)cc4Cl)c(OC)c3)C(=O)N2C)cc1. The lowest BCUT2D eigenvalue weighted by atomic mass is 10.1. The van der Waals surface area contributed by atoms with Gasteiger partial charge >= 0.3 is 5.97 Å². The van der Waals surface area contributed by atoms with Crippen LogP contribution in [0.15, 0.2) is 64.5 Å². The van der Waals surface area contributed by atoms with E-state index in [4.69, 9.17) is 37.4 Å². The summed E-state index contributed by atoms with van der Waals surface area (Å²) in [4.78, 5) is 31.4. The van der Waals surface area contributed by atoms with Gasteiger partial charge in [0, 0.05) is 22.7 Å². The van der Waals surface area contributed by atoms with Crippen LogP contribution in [0.25, 0.3) is 6.08 Å². The van der Waals surface area contributed by atoms with Gasteiger partial charge in [0.25, 0.3) is 5.91 Å². The van der Waals surface area contributed by atoms with Crippen LogP contribution in [-0.2, 0) is 16.1 Å². The van der Waals surface area contributed by atoms with Gasteiger partial charge in [0.1, 0.15) is 6.61 Å². The minimum absolute atomic E-state index is 0.173. The van der Waals surface area contributed by atoms with E-state index in [9.17, 15) is 9.59 Å². The Morgan fingerprint density at radius 1 is 1.13 bits per heavy atom. The van der Waals surface area contributed by atoms with E-state index >= 15 is 0 Å². The molecule has 1 saturated heterocycles. The van der Waals surface area contributed by atoms with E-state index in [1.54, 1.807) is 63.6 Å². The van der Waals surface area contributed by atoms with Crippen molar-refractivity contribution in [3.8, 4) is 11.5 Å². The van der Waals surface area contributed by atoms with Crippen molar-refractivity contribution in [2.45, 2.75) is 13.5 Å². The van der Waals surface area contributed by atoms with Crippen LogP contribution in [0.5, 0.6) is 11.5 Å². The molecule has 0 aliphatic carbocycles. The zero-order valence-corrected chi connectivity index (χ0v) is 25.7. The Balaban J connectivity index is 1.53. The highest BCUT2D eigenvalue weighted by molar-refractivity contribution is 14.1. The predicted molar refractivity (Wildman–Crippen MR) is 164 cm³/mol. The first-order valence-corrected chi connectivity index (χ1v) is 14.3. The lowest BCUT2D eigenvalue weighted by molar-refractivity contribution is -0.121. The lowest BCUT2D eigenvalue weighted by Crippen LogP contribution is -2.23. The first-order chi connectivity index (χ1) is 18.7. The summed E-state index contributed by atoms with van der Waals surface area (Å²) in [6.45, 7) is 2.30. The molecule has 0 bridgehead atoms. The van der Waals surface area contributed by atoms with Crippen LogP contribution in [0.3, 0.4) is 0 Å². The summed E-state index contributed by atoms with van der Waals surface area (Å²) < 4.78 is 17.4. The van der Waals surface area contributed by atoms with E-state index in [1.807, 2.05) is 18.2 Å². The Morgan fingerprint density at radius 3 is 2.54 bits per heavy atom. The Hall–Kier alpha value is -2.73. The molecule has 11 heteroatoms. The fourth-order valence-corrected chi connectivity index (χ4v) is 5.78. The van der Waals surface area contributed by atoms with Gasteiger partial charge in [-0.1, -0.05) is 29.3 Å². The van der Waals surface area contributed by atoms with Crippen LogP contribution in [0.4, 0.5) is 5.69 Å².